The summed E-state index contributed by atoms with van der Waals surface area (Å²) in [5.41, 5.74) is 5.51. The van der Waals surface area contributed by atoms with E-state index in [4.69, 9.17) is 10.2 Å². The predicted molar refractivity (Wildman–Crippen MR) is 52.5 cm³/mol. The zero-order chi connectivity index (χ0) is 9.68. The Hall–Kier alpha value is -1.07. The molecule has 1 rings (SSSR count). The molecule has 0 bridgehead atoms. The zero-order valence-electron chi connectivity index (χ0n) is 7.86. The van der Waals surface area contributed by atoms with Gasteiger partial charge in [0.15, 0.2) is 11.6 Å². The summed E-state index contributed by atoms with van der Waals surface area (Å²) >= 11 is 0. The van der Waals surface area contributed by atoms with E-state index in [0.29, 0.717) is 18.9 Å². The zero-order valence-corrected chi connectivity index (χ0v) is 8.67. The molecule has 0 spiro atoms. The standard InChI is InChI=1S/C8H12N2O3.ClH/c1-12-8(11)6-5-13-7(10-6)3-2-4-9;/h5H,2-4,9H2,1H3;1H. The molecule has 14 heavy (non-hydrogen) atoms. The van der Waals surface area contributed by atoms with Crippen LogP contribution in [0.25, 0.3) is 0 Å². The maximum atomic E-state index is 10.9. The van der Waals surface area contributed by atoms with E-state index in [-0.39, 0.29) is 18.1 Å². The minimum Gasteiger partial charge on any atom is -0.464 e. The molecule has 0 aromatic carbocycles. The first kappa shape index (κ1) is 12.9. The fourth-order valence-corrected chi connectivity index (χ4v) is 0.877. The van der Waals surface area contributed by atoms with Gasteiger partial charge in [-0.3, -0.25) is 0 Å². The lowest BCUT2D eigenvalue weighted by Crippen LogP contribution is -2.03. The number of nitrogens with zero attached hydrogens (tertiary/aromatic N) is 1. The maximum absolute atomic E-state index is 10.9. The van der Waals surface area contributed by atoms with E-state index in [1.807, 2.05) is 0 Å². The second-order valence-corrected chi connectivity index (χ2v) is 2.51. The molecule has 5 nitrogen and oxygen atoms in total. The third kappa shape index (κ3) is 3.35. The van der Waals surface area contributed by atoms with Gasteiger partial charge in [0.05, 0.1) is 7.11 Å². The molecule has 0 aliphatic rings. The van der Waals surface area contributed by atoms with Gasteiger partial charge in [0, 0.05) is 6.42 Å². The molecule has 0 fully saturated rings. The van der Waals surface area contributed by atoms with Gasteiger partial charge in [0.2, 0.25) is 0 Å². The first-order valence-electron chi connectivity index (χ1n) is 4.00. The van der Waals surface area contributed by atoms with Crippen LogP contribution < -0.4 is 5.73 Å². The van der Waals surface area contributed by atoms with Crippen molar-refractivity contribution in [2.75, 3.05) is 13.7 Å². The molecule has 80 valence electrons. The van der Waals surface area contributed by atoms with E-state index >= 15 is 0 Å². The summed E-state index contributed by atoms with van der Waals surface area (Å²) in [5.74, 6) is 0.0357. The van der Waals surface area contributed by atoms with Crippen molar-refractivity contribution in [2.24, 2.45) is 5.73 Å². The first-order valence-corrected chi connectivity index (χ1v) is 4.00. The summed E-state index contributed by atoms with van der Waals surface area (Å²) in [5, 5.41) is 0. The monoisotopic (exact) mass is 220 g/mol. The van der Waals surface area contributed by atoms with E-state index in [1.54, 1.807) is 0 Å². The SMILES string of the molecule is COC(=O)c1coc(CCCN)n1.Cl. The number of carbonyl (C=O) groups is 1. The first-order chi connectivity index (χ1) is 6.27. The van der Waals surface area contributed by atoms with Gasteiger partial charge in [-0.1, -0.05) is 0 Å². The number of rotatable bonds is 4. The van der Waals surface area contributed by atoms with Crippen LogP contribution in [0, 0.1) is 0 Å². The number of hydrogen-bond donors (Lipinski definition) is 1. The third-order valence-corrected chi connectivity index (χ3v) is 1.54. The molecule has 1 heterocycles. The number of esters is 1. The number of ether oxygens (including phenoxy) is 1. The number of aryl methyl sites for hydroxylation is 1. The Morgan fingerprint density at radius 2 is 2.43 bits per heavy atom. The number of hydrogen-bond acceptors (Lipinski definition) is 5. The van der Waals surface area contributed by atoms with Gasteiger partial charge in [-0.15, -0.1) is 12.4 Å². The number of oxazole rings is 1. The van der Waals surface area contributed by atoms with Gasteiger partial charge in [0.1, 0.15) is 6.26 Å². The minimum atomic E-state index is -0.484. The molecule has 0 saturated heterocycles. The lowest BCUT2D eigenvalue weighted by atomic mass is 10.3. The van der Waals surface area contributed by atoms with Gasteiger partial charge in [0.25, 0.3) is 0 Å². The van der Waals surface area contributed by atoms with Crippen molar-refractivity contribution in [3.63, 3.8) is 0 Å². The van der Waals surface area contributed by atoms with Crippen LogP contribution in [-0.4, -0.2) is 24.6 Å². The highest BCUT2D eigenvalue weighted by molar-refractivity contribution is 5.86. The van der Waals surface area contributed by atoms with Crippen molar-refractivity contribution in [2.45, 2.75) is 12.8 Å². The Bertz CT molecular complexity index is 288. The average molecular weight is 221 g/mol. The Morgan fingerprint density at radius 3 is 3.00 bits per heavy atom. The Labute approximate surface area is 88.0 Å². The summed E-state index contributed by atoms with van der Waals surface area (Å²) in [6, 6.07) is 0. The highest BCUT2D eigenvalue weighted by atomic mass is 35.5. The Kier molecular flexibility index (Phi) is 5.91. The van der Waals surface area contributed by atoms with Gasteiger partial charge in [-0.25, -0.2) is 9.78 Å². The normalized spacial score (nSPS) is 9.29. The van der Waals surface area contributed by atoms with E-state index in [2.05, 4.69) is 9.72 Å². The van der Waals surface area contributed by atoms with Crippen molar-refractivity contribution < 1.29 is 13.9 Å². The summed E-state index contributed by atoms with van der Waals surface area (Å²) in [7, 11) is 1.30. The van der Waals surface area contributed by atoms with Crippen LogP contribution >= 0.6 is 12.4 Å². The summed E-state index contributed by atoms with van der Waals surface area (Å²) in [4.78, 5) is 14.9. The fraction of sp³-hybridized carbons (Fsp3) is 0.500. The molecule has 0 radical (unpaired) electrons. The van der Waals surface area contributed by atoms with Crippen LogP contribution in [0.15, 0.2) is 10.7 Å². The predicted octanol–water partition coefficient (Wildman–Crippen LogP) is 0.774. The van der Waals surface area contributed by atoms with E-state index < -0.39 is 5.97 Å². The average Bonchev–Trinajstić information content (AvgIpc) is 2.62. The number of carbonyl (C=O) groups excluding carboxylic acids is 1. The molecule has 6 heteroatoms. The van der Waals surface area contributed by atoms with Gasteiger partial charge >= 0.3 is 5.97 Å². The maximum Gasteiger partial charge on any atom is 0.360 e. The summed E-state index contributed by atoms with van der Waals surface area (Å²) in [6.07, 6.45) is 2.73. The van der Waals surface area contributed by atoms with Crippen LogP contribution in [0.3, 0.4) is 0 Å². The molecule has 0 saturated carbocycles. The van der Waals surface area contributed by atoms with Gasteiger partial charge in [-0.05, 0) is 13.0 Å². The smallest absolute Gasteiger partial charge is 0.360 e. The van der Waals surface area contributed by atoms with Crippen LogP contribution in [-0.2, 0) is 11.2 Å². The summed E-state index contributed by atoms with van der Waals surface area (Å²) in [6.45, 7) is 0.579. The van der Waals surface area contributed by atoms with Crippen molar-refractivity contribution in [3.05, 3.63) is 17.8 Å². The van der Waals surface area contributed by atoms with Crippen molar-refractivity contribution in [1.29, 1.82) is 0 Å². The molecular formula is C8H13ClN2O3. The fourth-order valence-electron chi connectivity index (χ4n) is 0.877. The number of nitrogens with two attached hydrogens (primary N) is 1. The van der Waals surface area contributed by atoms with Crippen molar-refractivity contribution in [1.82, 2.24) is 4.98 Å². The van der Waals surface area contributed by atoms with E-state index in [0.717, 1.165) is 6.42 Å². The highest BCUT2D eigenvalue weighted by Crippen LogP contribution is 2.05. The van der Waals surface area contributed by atoms with Gasteiger partial charge in [-0.2, -0.15) is 0 Å². The Balaban J connectivity index is 0.00000169. The van der Waals surface area contributed by atoms with Crippen molar-refractivity contribution in [3.8, 4) is 0 Å². The summed E-state index contributed by atoms with van der Waals surface area (Å²) < 4.78 is 9.49. The van der Waals surface area contributed by atoms with Crippen LogP contribution in [0.4, 0.5) is 0 Å². The molecular weight excluding hydrogens is 208 g/mol. The molecule has 1 aromatic rings. The molecule has 0 aliphatic heterocycles. The lowest BCUT2D eigenvalue weighted by Gasteiger charge is -1.91. The molecule has 0 unspecified atom stereocenters. The Morgan fingerprint density at radius 1 is 1.71 bits per heavy atom. The van der Waals surface area contributed by atoms with E-state index in [9.17, 15) is 4.79 Å². The largest absolute Gasteiger partial charge is 0.464 e. The third-order valence-electron chi connectivity index (χ3n) is 1.54. The molecule has 0 aliphatic carbocycles. The highest BCUT2D eigenvalue weighted by Gasteiger charge is 2.11. The van der Waals surface area contributed by atoms with E-state index in [1.165, 1.54) is 13.4 Å². The molecule has 0 atom stereocenters. The second-order valence-electron chi connectivity index (χ2n) is 2.51. The minimum absolute atomic E-state index is 0. The number of halogens is 1. The van der Waals surface area contributed by atoms with Crippen LogP contribution in [0.5, 0.6) is 0 Å². The molecule has 0 amide bonds. The molecule has 2 N–H and O–H groups in total. The quantitative estimate of drug-likeness (QED) is 0.759. The van der Waals surface area contributed by atoms with Crippen LogP contribution in [0.2, 0.25) is 0 Å². The number of methoxy groups -OCH3 is 1. The molecule has 1 aromatic heterocycles. The van der Waals surface area contributed by atoms with Gasteiger partial charge < -0.3 is 14.9 Å². The lowest BCUT2D eigenvalue weighted by molar-refractivity contribution is 0.0594. The number of aromatic nitrogens is 1. The van der Waals surface area contributed by atoms with Crippen molar-refractivity contribution >= 4 is 18.4 Å². The van der Waals surface area contributed by atoms with Crippen LogP contribution in [0.1, 0.15) is 22.8 Å². The topological polar surface area (TPSA) is 78.3 Å². The second kappa shape index (κ2) is 6.39.